The van der Waals surface area contributed by atoms with E-state index < -0.39 is 0 Å². The summed E-state index contributed by atoms with van der Waals surface area (Å²) in [4.78, 5) is 10.7. The van der Waals surface area contributed by atoms with E-state index in [1.165, 1.54) is 0 Å². The van der Waals surface area contributed by atoms with E-state index in [9.17, 15) is 4.79 Å². The summed E-state index contributed by atoms with van der Waals surface area (Å²) < 4.78 is 0. The smallest absolute Gasteiger partial charge is 0.238 e. The fourth-order valence-electron chi connectivity index (χ4n) is 1.63. The lowest BCUT2D eigenvalue weighted by Gasteiger charge is -2.09. The van der Waals surface area contributed by atoms with Gasteiger partial charge in [-0.3, -0.25) is 9.80 Å². The van der Waals surface area contributed by atoms with Crippen molar-refractivity contribution in [2.24, 2.45) is 10.8 Å². The molecule has 4 nitrogen and oxygen atoms in total. The first kappa shape index (κ1) is 9.71. The maximum atomic E-state index is 10.7. The lowest BCUT2D eigenvalue weighted by Crippen LogP contribution is -2.28. The molecule has 1 aliphatic rings. The maximum absolute atomic E-state index is 10.7. The highest BCUT2D eigenvalue weighted by atomic mass is 16.1. The van der Waals surface area contributed by atoms with Gasteiger partial charge in [0.1, 0.15) is 6.54 Å². The molecule has 0 aromatic heterocycles. The zero-order chi connectivity index (χ0) is 10.7. The van der Waals surface area contributed by atoms with Crippen molar-refractivity contribution < 1.29 is 4.79 Å². The van der Waals surface area contributed by atoms with Crippen molar-refractivity contribution in [3.8, 4) is 0 Å². The molecule has 0 unspecified atom stereocenters. The molecular formula is C11H13N3O. The van der Waals surface area contributed by atoms with Crippen molar-refractivity contribution >= 4 is 11.6 Å². The van der Waals surface area contributed by atoms with Gasteiger partial charge in [0.05, 0.1) is 5.71 Å². The average molecular weight is 203 g/mol. The van der Waals surface area contributed by atoms with Gasteiger partial charge in [0.2, 0.25) is 5.91 Å². The van der Waals surface area contributed by atoms with E-state index in [4.69, 9.17) is 5.73 Å². The molecule has 15 heavy (non-hydrogen) atoms. The summed E-state index contributed by atoms with van der Waals surface area (Å²) in [7, 11) is 0. The molecule has 0 fully saturated rings. The van der Waals surface area contributed by atoms with Gasteiger partial charge in [-0.15, -0.1) is 0 Å². The highest BCUT2D eigenvalue weighted by molar-refractivity contribution is 6.01. The topological polar surface area (TPSA) is 58.7 Å². The van der Waals surface area contributed by atoms with Crippen LogP contribution in [0.15, 0.2) is 35.4 Å². The molecule has 4 heteroatoms. The van der Waals surface area contributed by atoms with Crippen LogP contribution in [0.5, 0.6) is 0 Å². The van der Waals surface area contributed by atoms with Crippen LogP contribution in [0.2, 0.25) is 0 Å². The molecule has 2 N–H and O–H groups in total. The van der Waals surface area contributed by atoms with Crippen LogP contribution < -0.4 is 5.73 Å². The van der Waals surface area contributed by atoms with Crippen LogP contribution in [0, 0.1) is 0 Å². The van der Waals surface area contributed by atoms with Crippen LogP contribution in [0.4, 0.5) is 0 Å². The Bertz CT molecular complexity index is 386. The van der Waals surface area contributed by atoms with Gasteiger partial charge in [0, 0.05) is 13.0 Å². The Kier molecular flexibility index (Phi) is 2.67. The molecule has 1 heterocycles. The standard InChI is InChI=1S/C11H13N3O/c12-11(15)8-14-7-6-10(13-14)9-4-2-1-3-5-9/h1-5H,6-8H2,(H2,12,15). The van der Waals surface area contributed by atoms with E-state index in [0.717, 1.165) is 24.2 Å². The highest BCUT2D eigenvalue weighted by Gasteiger charge is 2.16. The minimum Gasteiger partial charge on any atom is -0.368 e. The molecule has 1 aliphatic heterocycles. The van der Waals surface area contributed by atoms with Crippen molar-refractivity contribution in [3.63, 3.8) is 0 Å². The van der Waals surface area contributed by atoms with E-state index in [1.54, 1.807) is 5.01 Å². The summed E-state index contributed by atoms with van der Waals surface area (Å²) in [6.45, 7) is 0.976. The van der Waals surface area contributed by atoms with Crippen molar-refractivity contribution in [2.45, 2.75) is 6.42 Å². The third-order valence-electron chi connectivity index (χ3n) is 2.31. The SMILES string of the molecule is NC(=O)CN1CCC(c2ccccc2)=N1. The first-order valence-electron chi connectivity index (χ1n) is 4.92. The van der Waals surface area contributed by atoms with Crippen LogP contribution >= 0.6 is 0 Å². The van der Waals surface area contributed by atoms with Gasteiger partial charge in [-0.05, 0) is 5.56 Å². The first-order valence-corrected chi connectivity index (χ1v) is 4.92. The summed E-state index contributed by atoms with van der Waals surface area (Å²) in [6, 6.07) is 9.97. The number of carbonyl (C=O) groups is 1. The van der Waals surface area contributed by atoms with E-state index in [1.807, 2.05) is 30.3 Å². The first-order chi connectivity index (χ1) is 7.25. The number of hydrazone groups is 1. The Morgan fingerprint density at radius 2 is 2.13 bits per heavy atom. The summed E-state index contributed by atoms with van der Waals surface area (Å²) >= 11 is 0. The van der Waals surface area contributed by atoms with Crippen LogP contribution in [-0.2, 0) is 4.79 Å². The molecule has 1 aromatic rings. The summed E-state index contributed by atoms with van der Waals surface area (Å²) in [5.74, 6) is -0.340. The van der Waals surface area contributed by atoms with Crippen molar-refractivity contribution in [3.05, 3.63) is 35.9 Å². The van der Waals surface area contributed by atoms with Gasteiger partial charge in [-0.25, -0.2) is 0 Å². The predicted molar refractivity (Wildman–Crippen MR) is 58.4 cm³/mol. The van der Waals surface area contributed by atoms with E-state index in [0.29, 0.717) is 0 Å². The molecule has 0 aliphatic carbocycles. The fraction of sp³-hybridized carbons (Fsp3) is 0.273. The van der Waals surface area contributed by atoms with Gasteiger partial charge in [-0.2, -0.15) is 5.10 Å². The van der Waals surface area contributed by atoms with Crippen LogP contribution in [0.3, 0.4) is 0 Å². The molecule has 0 radical (unpaired) electrons. The number of hydrogen-bond donors (Lipinski definition) is 1. The normalized spacial score (nSPS) is 15.2. The van der Waals surface area contributed by atoms with Crippen molar-refractivity contribution in [1.29, 1.82) is 0 Å². The lowest BCUT2D eigenvalue weighted by molar-refractivity contribution is -0.119. The fourth-order valence-corrected chi connectivity index (χ4v) is 1.63. The molecule has 1 aromatic carbocycles. The number of nitrogens with two attached hydrogens (primary N) is 1. The van der Waals surface area contributed by atoms with E-state index >= 15 is 0 Å². The molecule has 1 amide bonds. The Hall–Kier alpha value is -1.84. The van der Waals surface area contributed by atoms with Crippen LogP contribution in [0.25, 0.3) is 0 Å². The third kappa shape index (κ3) is 2.34. The largest absolute Gasteiger partial charge is 0.368 e. The highest BCUT2D eigenvalue weighted by Crippen LogP contribution is 2.12. The van der Waals surface area contributed by atoms with E-state index in [2.05, 4.69) is 5.10 Å². The molecule has 0 saturated carbocycles. The average Bonchev–Trinajstić information content (AvgIpc) is 2.67. The number of carbonyl (C=O) groups excluding carboxylic acids is 1. The molecule has 2 rings (SSSR count). The summed E-state index contributed by atoms with van der Waals surface area (Å²) in [5.41, 5.74) is 7.25. The van der Waals surface area contributed by atoms with Gasteiger partial charge in [0.15, 0.2) is 0 Å². The van der Waals surface area contributed by atoms with Gasteiger partial charge in [0.25, 0.3) is 0 Å². The molecule has 0 spiro atoms. The van der Waals surface area contributed by atoms with Gasteiger partial charge in [-0.1, -0.05) is 30.3 Å². The lowest BCUT2D eigenvalue weighted by atomic mass is 10.1. The number of hydrogen-bond acceptors (Lipinski definition) is 3. The number of benzene rings is 1. The quantitative estimate of drug-likeness (QED) is 0.781. The Labute approximate surface area is 88.4 Å². The second-order valence-electron chi connectivity index (χ2n) is 3.52. The van der Waals surface area contributed by atoms with Gasteiger partial charge < -0.3 is 5.73 Å². The van der Waals surface area contributed by atoms with Crippen LogP contribution in [0.1, 0.15) is 12.0 Å². The number of nitrogens with zero attached hydrogens (tertiary/aromatic N) is 2. The van der Waals surface area contributed by atoms with Gasteiger partial charge >= 0.3 is 0 Å². The zero-order valence-corrected chi connectivity index (χ0v) is 8.39. The van der Waals surface area contributed by atoms with Crippen LogP contribution in [-0.4, -0.2) is 29.7 Å². The Morgan fingerprint density at radius 1 is 1.40 bits per heavy atom. The molecule has 78 valence electrons. The van der Waals surface area contributed by atoms with E-state index in [-0.39, 0.29) is 12.5 Å². The molecular weight excluding hydrogens is 190 g/mol. The minimum absolute atomic E-state index is 0.205. The number of rotatable bonds is 3. The third-order valence-corrected chi connectivity index (χ3v) is 2.31. The van der Waals surface area contributed by atoms with Crippen molar-refractivity contribution in [2.75, 3.05) is 13.1 Å². The number of amides is 1. The second kappa shape index (κ2) is 4.13. The number of primary amides is 1. The summed E-state index contributed by atoms with van der Waals surface area (Å²) in [5, 5.41) is 6.06. The molecule has 0 saturated heterocycles. The maximum Gasteiger partial charge on any atom is 0.238 e. The zero-order valence-electron chi connectivity index (χ0n) is 8.39. The molecule has 0 bridgehead atoms. The summed E-state index contributed by atoms with van der Waals surface area (Å²) in [6.07, 6.45) is 0.872. The predicted octanol–water partition coefficient (Wildman–Crippen LogP) is 0.582. The monoisotopic (exact) mass is 203 g/mol. The van der Waals surface area contributed by atoms with Crippen molar-refractivity contribution in [1.82, 2.24) is 5.01 Å². The second-order valence-corrected chi connectivity index (χ2v) is 3.52. The molecule has 0 atom stereocenters. The Morgan fingerprint density at radius 3 is 2.80 bits per heavy atom. The Balaban J connectivity index is 2.10. The minimum atomic E-state index is -0.340.